The number of halogens is 4. The van der Waals surface area contributed by atoms with E-state index in [0.717, 1.165) is 12.1 Å². The van der Waals surface area contributed by atoms with Crippen LogP contribution in [0.4, 0.5) is 17.6 Å². The van der Waals surface area contributed by atoms with Crippen LogP contribution < -0.4 is 0 Å². The fraction of sp³-hybridized carbons (Fsp3) is 0.111. The van der Waals surface area contributed by atoms with Crippen molar-refractivity contribution >= 4 is 5.83 Å². The summed E-state index contributed by atoms with van der Waals surface area (Å²) >= 11 is 0. The lowest BCUT2D eigenvalue weighted by atomic mass is 10.1. The first-order valence-electron chi connectivity index (χ1n) is 3.51. The van der Waals surface area contributed by atoms with Crippen molar-refractivity contribution in [2.75, 3.05) is 0 Å². The molecule has 13 heavy (non-hydrogen) atoms. The predicted molar refractivity (Wildman–Crippen MR) is 41.5 cm³/mol. The molecule has 0 aliphatic heterocycles. The molecule has 4 heteroatoms. The van der Waals surface area contributed by atoms with Crippen molar-refractivity contribution in [2.45, 2.75) is 6.67 Å². The molecule has 1 aromatic carbocycles. The molecule has 0 aromatic heterocycles. The van der Waals surface area contributed by atoms with E-state index in [2.05, 4.69) is 0 Å². The summed E-state index contributed by atoms with van der Waals surface area (Å²) in [5.74, 6) is -1.56. The molecule has 0 radical (unpaired) electrons. The molecular weight excluding hydrogens is 184 g/mol. The summed E-state index contributed by atoms with van der Waals surface area (Å²) in [6, 6.07) is 4.75. The monoisotopic (exact) mass is 190 g/mol. The third-order valence-electron chi connectivity index (χ3n) is 1.53. The Morgan fingerprint density at radius 2 is 1.54 bits per heavy atom. The highest BCUT2D eigenvalue weighted by Gasteiger charge is 2.07. The van der Waals surface area contributed by atoms with E-state index in [1.807, 2.05) is 0 Å². The van der Waals surface area contributed by atoms with Gasteiger partial charge in [0, 0.05) is 5.56 Å². The molecule has 0 fully saturated rings. The van der Waals surface area contributed by atoms with Crippen LogP contribution in [0.2, 0.25) is 0 Å². The highest BCUT2D eigenvalue weighted by Crippen LogP contribution is 2.22. The maximum Gasteiger partial charge on any atom is 0.306 e. The molecule has 0 amide bonds. The minimum absolute atomic E-state index is 0.239. The topological polar surface area (TPSA) is 0 Å². The van der Waals surface area contributed by atoms with Gasteiger partial charge in [-0.3, -0.25) is 0 Å². The van der Waals surface area contributed by atoms with Crippen LogP contribution in [0, 0.1) is 0 Å². The summed E-state index contributed by atoms with van der Waals surface area (Å²) in [4.78, 5) is 0. The van der Waals surface area contributed by atoms with Gasteiger partial charge in [0.05, 0.1) is 0 Å². The molecular formula is C9H6F4. The lowest BCUT2D eigenvalue weighted by Crippen LogP contribution is -1.82. The van der Waals surface area contributed by atoms with Crippen molar-refractivity contribution in [3.63, 3.8) is 0 Å². The number of benzene rings is 1. The lowest BCUT2D eigenvalue weighted by molar-refractivity contribution is 0.410. The Balaban J connectivity index is 2.99. The van der Waals surface area contributed by atoms with Gasteiger partial charge < -0.3 is 0 Å². The summed E-state index contributed by atoms with van der Waals surface area (Å²) in [5, 5.41) is 0. The zero-order valence-electron chi connectivity index (χ0n) is 6.53. The summed E-state index contributed by atoms with van der Waals surface area (Å²) in [5.41, 5.74) is 0.0908. The SMILES string of the molecule is FCc1ccc(C(F)=C(F)F)cc1. The van der Waals surface area contributed by atoms with E-state index in [1.54, 1.807) is 0 Å². The first kappa shape index (κ1) is 9.77. The van der Waals surface area contributed by atoms with Crippen molar-refractivity contribution in [2.24, 2.45) is 0 Å². The Kier molecular flexibility index (Phi) is 3.06. The number of rotatable bonds is 2. The summed E-state index contributed by atoms with van der Waals surface area (Å²) in [7, 11) is 0. The molecule has 0 N–H and O–H groups in total. The molecule has 0 saturated heterocycles. The van der Waals surface area contributed by atoms with Gasteiger partial charge in [0.2, 0.25) is 0 Å². The van der Waals surface area contributed by atoms with Gasteiger partial charge in [-0.05, 0) is 5.56 Å². The Morgan fingerprint density at radius 3 is 1.92 bits per heavy atom. The van der Waals surface area contributed by atoms with Gasteiger partial charge in [0.1, 0.15) is 6.67 Å². The number of hydrogen-bond donors (Lipinski definition) is 0. The zero-order valence-corrected chi connectivity index (χ0v) is 6.53. The highest BCUT2D eigenvalue weighted by molar-refractivity contribution is 5.59. The quantitative estimate of drug-likeness (QED) is 0.624. The van der Waals surface area contributed by atoms with Crippen molar-refractivity contribution in [1.82, 2.24) is 0 Å². The normalized spacial score (nSPS) is 9.85. The Hall–Kier alpha value is -1.32. The summed E-state index contributed by atoms with van der Waals surface area (Å²) in [6.45, 7) is -0.691. The number of alkyl halides is 1. The Morgan fingerprint density at radius 1 is 1.00 bits per heavy atom. The van der Waals surface area contributed by atoms with Crippen LogP contribution in [0.15, 0.2) is 30.3 Å². The van der Waals surface area contributed by atoms with Gasteiger partial charge >= 0.3 is 6.08 Å². The molecule has 0 aliphatic carbocycles. The van der Waals surface area contributed by atoms with E-state index in [-0.39, 0.29) is 5.56 Å². The maximum absolute atomic E-state index is 12.5. The molecule has 0 spiro atoms. The third-order valence-corrected chi connectivity index (χ3v) is 1.53. The van der Waals surface area contributed by atoms with Crippen molar-refractivity contribution in [3.8, 4) is 0 Å². The van der Waals surface area contributed by atoms with Crippen LogP contribution in [0.25, 0.3) is 5.83 Å². The van der Waals surface area contributed by atoms with E-state index in [9.17, 15) is 17.6 Å². The van der Waals surface area contributed by atoms with Crippen molar-refractivity contribution in [3.05, 3.63) is 41.5 Å². The molecule has 0 bridgehead atoms. The fourth-order valence-electron chi connectivity index (χ4n) is 0.849. The van der Waals surface area contributed by atoms with Gasteiger partial charge in [0.25, 0.3) is 0 Å². The molecule has 1 aromatic rings. The average Bonchev–Trinajstić information content (AvgIpc) is 2.17. The first-order valence-corrected chi connectivity index (χ1v) is 3.51. The van der Waals surface area contributed by atoms with Crippen LogP contribution in [0.1, 0.15) is 11.1 Å². The van der Waals surface area contributed by atoms with Crippen LogP contribution in [-0.2, 0) is 6.67 Å². The average molecular weight is 190 g/mol. The van der Waals surface area contributed by atoms with Crippen molar-refractivity contribution < 1.29 is 17.6 Å². The second-order valence-corrected chi connectivity index (χ2v) is 2.40. The van der Waals surface area contributed by atoms with Gasteiger partial charge in [-0.2, -0.15) is 8.78 Å². The molecule has 1 rings (SSSR count). The van der Waals surface area contributed by atoms with E-state index >= 15 is 0 Å². The summed E-state index contributed by atoms with van der Waals surface area (Å²) < 4.78 is 47.9. The van der Waals surface area contributed by atoms with Crippen LogP contribution in [0.3, 0.4) is 0 Å². The standard InChI is InChI=1S/C9H6F4/c10-5-6-1-3-7(4-2-6)8(11)9(12)13/h1-4H,5H2. The van der Waals surface area contributed by atoms with Gasteiger partial charge in [-0.15, -0.1) is 0 Å². The molecule has 0 unspecified atom stereocenters. The Labute approximate surface area is 72.5 Å². The maximum atomic E-state index is 12.5. The van der Waals surface area contributed by atoms with E-state index < -0.39 is 18.6 Å². The first-order chi connectivity index (χ1) is 6.15. The van der Waals surface area contributed by atoms with Gasteiger partial charge in [0.15, 0.2) is 5.83 Å². The van der Waals surface area contributed by atoms with E-state index in [0.29, 0.717) is 5.56 Å². The van der Waals surface area contributed by atoms with Gasteiger partial charge in [-0.1, -0.05) is 24.3 Å². The number of hydrogen-bond acceptors (Lipinski definition) is 0. The van der Waals surface area contributed by atoms with E-state index in [4.69, 9.17) is 0 Å². The minimum atomic E-state index is -2.37. The van der Waals surface area contributed by atoms with Crippen LogP contribution in [-0.4, -0.2) is 0 Å². The third kappa shape index (κ3) is 2.31. The Bertz CT molecular complexity index is 309. The molecule has 0 nitrogen and oxygen atoms in total. The van der Waals surface area contributed by atoms with Crippen LogP contribution >= 0.6 is 0 Å². The second-order valence-electron chi connectivity index (χ2n) is 2.40. The zero-order chi connectivity index (χ0) is 9.84. The lowest BCUT2D eigenvalue weighted by Gasteiger charge is -1.97. The fourth-order valence-corrected chi connectivity index (χ4v) is 0.849. The largest absolute Gasteiger partial charge is 0.306 e. The van der Waals surface area contributed by atoms with Crippen LogP contribution in [0.5, 0.6) is 0 Å². The predicted octanol–water partition coefficient (Wildman–Crippen LogP) is 3.69. The molecule has 70 valence electrons. The van der Waals surface area contributed by atoms with E-state index in [1.165, 1.54) is 12.1 Å². The molecule has 0 saturated carbocycles. The minimum Gasteiger partial charge on any atom is -0.246 e. The highest BCUT2D eigenvalue weighted by atomic mass is 19.3. The summed E-state index contributed by atoms with van der Waals surface area (Å²) in [6.07, 6.45) is -2.37. The smallest absolute Gasteiger partial charge is 0.246 e. The second kappa shape index (κ2) is 4.07. The van der Waals surface area contributed by atoms with Crippen molar-refractivity contribution in [1.29, 1.82) is 0 Å². The molecule has 0 aliphatic rings. The molecule has 0 atom stereocenters. The van der Waals surface area contributed by atoms with Gasteiger partial charge in [-0.25, -0.2) is 8.78 Å². The molecule has 0 heterocycles.